The van der Waals surface area contributed by atoms with Gasteiger partial charge in [-0.2, -0.15) is 0 Å². The fraction of sp³-hybridized carbons (Fsp3) is 0.208. The molecule has 9 heteroatoms. The Morgan fingerprint density at radius 1 is 1.15 bits per heavy atom. The molecule has 0 fully saturated rings. The van der Waals surface area contributed by atoms with Gasteiger partial charge in [0.1, 0.15) is 5.82 Å². The van der Waals surface area contributed by atoms with E-state index in [1.165, 1.54) is 23.5 Å². The fourth-order valence-corrected chi connectivity index (χ4v) is 4.50. The van der Waals surface area contributed by atoms with Crippen molar-refractivity contribution in [3.8, 4) is 11.3 Å². The third-order valence-electron chi connectivity index (χ3n) is 5.48. The monoisotopic (exact) mass is 460 g/mol. The number of esters is 1. The first-order chi connectivity index (χ1) is 16.0. The first-order valence-electron chi connectivity index (χ1n) is 10.5. The summed E-state index contributed by atoms with van der Waals surface area (Å²) in [6.45, 7) is 2.23. The summed E-state index contributed by atoms with van der Waals surface area (Å²) in [6.07, 6.45) is 1.62. The highest BCUT2D eigenvalue weighted by Crippen LogP contribution is 2.25. The number of nitrogens with one attached hydrogen (secondary N) is 1. The molecule has 0 unspecified atom stereocenters. The topological polar surface area (TPSA) is 103 Å². The van der Waals surface area contributed by atoms with Gasteiger partial charge in [-0.1, -0.05) is 29.8 Å². The first-order valence-corrected chi connectivity index (χ1v) is 11.4. The van der Waals surface area contributed by atoms with E-state index in [0.717, 1.165) is 35.5 Å². The van der Waals surface area contributed by atoms with Crippen molar-refractivity contribution in [1.82, 2.24) is 14.5 Å². The number of fused-ring (bicyclic) bond motifs is 2. The van der Waals surface area contributed by atoms with Crippen LogP contribution in [-0.2, 0) is 22.5 Å². The Morgan fingerprint density at radius 3 is 2.79 bits per heavy atom. The number of benzene rings is 2. The molecule has 0 saturated heterocycles. The lowest BCUT2D eigenvalue weighted by molar-refractivity contribution is -0.119. The van der Waals surface area contributed by atoms with E-state index < -0.39 is 18.5 Å². The normalized spacial score (nSPS) is 12.5. The summed E-state index contributed by atoms with van der Waals surface area (Å²) < 4.78 is 6.83. The minimum absolute atomic E-state index is 0.0970. The van der Waals surface area contributed by atoms with Crippen molar-refractivity contribution >= 4 is 39.2 Å². The smallest absolute Gasteiger partial charge is 0.338 e. The summed E-state index contributed by atoms with van der Waals surface area (Å²) in [6, 6.07) is 12.6. The fourth-order valence-electron chi connectivity index (χ4n) is 3.77. The van der Waals surface area contributed by atoms with Crippen LogP contribution in [-0.4, -0.2) is 33.0 Å². The highest BCUT2D eigenvalue weighted by molar-refractivity contribution is 7.14. The van der Waals surface area contributed by atoms with Gasteiger partial charge in [-0.15, -0.1) is 11.3 Å². The number of amides is 1. The average Bonchev–Trinajstić information content (AvgIpc) is 3.47. The molecule has 166 valence electrons. The van der Waals surface area contributed by atoms with Crippen LogP contribution in [0.25, 0.3) is 22.2 Å². The second-order valence-electron chi connectivity index (χ2n) is 7.85. The van der Waals surface area contributed by atoms with E-state index in [1.54, 1.807) is 10.6 Å². The number of aryl methyl sites for hydroxylation is 2. The molecule has 4 aromatic rings. The summed E-state index contributed by atoms with van der Waals surface area (Å²) in [5, 5.41) is 5.39. The second-order valence-corrected chi connectivity index (χ2v) is 8.71. The molecule has 0 aliphatic carbocycles. The molecule has 0 spiro atoms. The zero-order chi connectivity index (χ0) is 22.9. The summed E-state index contributed by atoms with van der Waals surface area (Å²) in [5.74, 6) is -0.414. The van der Waals surface area contributed by atoms with Crippen molar-refractivity contribution in [2.24, 2.45) is 0 Å². The second kappa shape index (κ2) is 8.59. The predicted octanol–water partition coefficient (Wildman–Crippen LogP) is 3.57. The molecule has 0 atom stereocenters. The molecule has 5 rings (SSSR count). The number of ether oxygens (including phenoxy) is 1. The van der Waals surface area contributed by atoms with Gasteiger partial charge in [-0.25, -0.2) is 14.8 Å². The number of hydrogen-bond acceptors (Lipinski definition) is 7. The third kappa shape index (κ3) is 4.27. The standard InChI is InChI=1S/C24H20N4O4S/c1-14-4-6-15(7-5-14)19-13-33-24(26-19)27-21(29)12-32-23(31)16-8-9-17-18(11-16)25-20-3-2-10-28(20)22(17)30/h4-9,11,13H,2-3,10,12H2,1H3,(H,26,27,29). The Balaban J connectivity index is 1.22. The molecular weight excluding hydrogens is 440 g/mol. The Hall–Kier alpha value is -3.85. The summed E-state index contributed by atoms with van der Waals surface area (Å²) in [7, 11) is 0. The van der Waals surface area contributed by atoms with Crippen LogP contribution in [0, 0.1) is 6.92 Å². The number of aromatic nitrogens is 3. The van der Waals surface area contributed by atoms with E-state index in [1.807, 2.05) is 36.6 Å². The lowest BCUT2D eigenvalue weighted by Gasteiger charge is -2.07. The largest absolute Gasteiger partial charge is 0.452 e. The maximum atomic E-state index is 12.5. The van der Waals surface area contributed by atoms with Gasteiger partial charge < -0.3 is 4.74 Å². The van der Waals surface area contributed by atoms with E-state index in [4.69, 9.17) is 4.74 Å². The van der Waals surface area contributed by atoms with Crippen molar-refractivity contribution in [2.45, 2.75) is 26.3 Å². The van der Waals surface area contributed by atoms with Crippen LogP contribution in [0.5, 0.6) is 0 Å². The quantitative estimate of drug-likeness (QED) is 0.457. The number of rotatable bonds is 5. The Bertz CT molecular complexity index is 1440. The SMILES string of the molecule is Cc1ccc(-c2csc(NC(=O)COC(=O)c3ccc4c(=O)n5c(nc4c3)CCC5)n2)cc1. The molecule has 2 aromatic carbocycles. The number of anilines is 1. The van der Waals surface area contributed by atoms with Crippen LogP contribution < -0.4 is 10.9 Å². The molecule has 0 bridgehead atoms. The van der Waals surface area contributed by atoms with Crippen LogP contribution in [0.3, 0.4) is 0 Å². The van der Waals surface area contributed by atoms with Crippen LogP contribution in [0.2, 0.25) is 0 Å². The van der Waals surface area contributed by atoms with Gasteiger partial charge in [0.2, 0.25) is 0 Å². The van der Waals surface area contributed by atoms with Crippen LogP contribution >= 0.6 is 11.3 Å². The number of carbonyl (C=O) groups is 2. The van der Waals surface area contributed by atoms with Gasteiger partial charge in [0.25, 0.3) is 11.5 Å². The van der Waals surface area contributed by atoms with E-state index >= 15 is 0 Å². The van der Waals surface area contributed by atoms with Gasteiger partial charge in [-0.05, 0) is 31.5 Å². The maximum absolute atomic E-state index is 12.5. The van der Waals surface area contributed by atoms with Gasteiger partial charge in [0.05, 0.1) is 22.2 Å². The molecule has 3 heterocycles. The molecule has 0 saturated carbocycles. The zero-order valence-corrected chi connectivity index (χ0v) is 18.6. The predicted molar refractivity (Wildman–Crippen MR) is 126 cm³/mol. The number of carbonyl (C=O) groups excluding carboxylic acids is 2. The lowest BCUT2D eigenvalue weighted by Crippen LogP contribution is -2.22. The minimum atomic E-state index is -0.658. The molecular formula is C24H20N4O4S. The Morgan fingerprint density at radius 2 is 1.97 bits per heavy atom. The number of hydrogen-bond donors (Lipinski definition) is 1. The van der Waals surface area contributed by atoms with Gasteiger partial charge in [0, 0.05) is 23.9 Å². The highest BCUT2D eigenvalue weighted by atomic mass is 32.1. The van der Waals surface area contributed by atoms with Crippen molar-refractivity contribution < 1.29 is 14.3 Å². The molecule has 0 radical (unpaired) electrons. The molecule has 1 aliphatic rings. The molecule has 33 heavy (non-hydrogen) atoms. The van der Waals surface area contributed by atoms with Crippen LogP contribution in [0.4, 0.5) is 5.13 Å². The Kier molecular flexibility index (Phi) is 5.47. The van der Waals surface area contributed by atoms with Crippen LogP contribution in [0.1, 0.15) is 28.2 Å². The maximum Gasteiger partial charge on any atom is 0.338 e. The summed E-state index contributed by atoms with van der Waals surface area (Å²) >= 11 is 1.30. The average molecular weight is 461 g/mol. The Labute approximate surface area is 192 Å². The van der Waals surface area contributed by atoms with E-state index in [2.05, 4.69) is 15.3 Å². The zero-order valence-electron chi connectivity index (χ0n) is 17.8. The molecule has 1 aliphatic heterocycles. The van der Waals surface area contributed by atoms with Gasteiger partial charge in [0.15, 0.2) is 11.7 Å². The summed E-state index contributed by atoms with van der Waals surface area (Å²) in [5.41, 5.74) is 3.47. The van der Waals surface area contributed by atoms with E-state index in [9.17, 15) is 14.4 Å². The van der Waals surface area contributed by atoms with Crippen LogP contribution in [0.15, 0.2) is 52.6 Å². The van der Waals surface area contributed by atoms with Crippen molar-refractivity contribution in [1.29, 1.82) is 0 Å². The lowest BCUT2D eigenvalue weighted by atomic mass is 10.1. The first kappa shape index (κ1) is 21.0. The third-order valence-corrected chi connectivity index (χ3v) is 6.24. The number of thiazole rings is 1. The number of nitrogens with zero attached hydrogens (tertiary/aromatic N) is 3. The molecule has 2 aromatic heterocycles. The molecule has 1 amide bonds. The van der Waals surface area contributed by atoms with Gasteiger partial charge >= 0.3 is 5.97 Å². The minimum Gasteiger partial charge on any atom is -0.452 e. The summed E-state index contributed by atoms with van der Waals surface area (Å²) in [4.78, 5) is 46.2. The highest BCUT2D eigenvalue weighted by Gasteiger charge is 2.18. The van der Waals surface area contributed by atoms with E-state index in [-0.39, 0.29) is 11.1 Å². The molecule has 1 N–H and O–H groups in total. The van der Waals surface area contributed by atoms with Crippen molar-refractivity contribution in [3.05, 3.63) is 75.1 Å². The van der Waals surface area contributed by atoms with E-state index in [0.29, 0.717) is 22.6 Å². The van der Waals surface area contributed by atoms with Crippen molar-refractivity contribution in [2.75, 3.05) is 11.9 Å². The van der Waals surface area contributed by atoms with Gasteiger partial charge in [-0.3, -0.25) is 19.5 Å². The van der Waals surface area contributed by atoms with Crippen molar-refractivity contribution in [3.63, 3.8) is 0 Å². The molecule has 8 nitrogen and oxygen atoms in total.